The van der Waals surface area contributed by atoms with Crippen molar-refractivity contribution in [2.24, 2.45) is 11.8 Å². The van der Waals surface area contributed by atoms with Crippen LogP contribution in [0.2, 0.25) is 0 Å². The molecule has 6 nitrogen and oxygen atoms in total. The van der Waals surface area contributed by atoms with Crippen molar-refractivity contribution in [1.29, 1.82) is 0 Å². The summed E-state index contributed by atoms with van der Waals surface area (Å²) in [5, 5.41) is 10.5. The zero-order valence-electron chi connectivity index (χ0n) is 13.7. The molecule has 1 atom stereocenters. The molecule has 23 heavy (non-hydrogen) atoms. The highest BCUT2D eigenvalue weighted by Gasteiger charge is 2.23. The van der Waals surface area contributed by atoms with Gasteiger partial charge < -0.3 is 5.32 Å². The third-order valence-corrected chi connectivity index (χ3v) is 7.64. The van der Waals surface area contributed by atoms with Crippen LogP contribution in [-0.4, -0.2) is 30.3 Å². The maximum Gasteiger partial charge on any atom is 0.234 e. The van der Waals surface area contributed by atoms with Crippen LogP contribution in [0, 0.1) is 11.8 Å². The van der Waals surface area contributed by atoms with E-state index in [1.165, 1.54) is 25.7 Å². The standard InChI is InChI=1S/C15H25N3O3S2/c1-3-11(2)10-23(20,21)15-18-17-14(22-15)16-13(19)9-8-12-6-4-5-7-12/h11-12H,3-10H2,1-2H3,(H,16,17,19). The van der Waals surface area contributed by atoms with Crippen LogP contribution >= 0.6 is 11.3 Å². The van der Waals surface area contributed by atoms with Crippen molar-refractivity contribution in [3.05, 3.63) is 0 Å². The molecule has 1 unspecified atom stereocenters. The third kappa shape index (κ3) is 5.53. The Kier molecular flexibility index (Phi) is 6.52. The van der Waals surface area contributed by atoms with Gasteiger partial charge in [-0.05, 0) is 18.3 Å². The maximum atomic E-state index is 12.2. The fourth-order valence-corrected chi connectivity index (χ4v) is 5.50. The lowest BCUT2D eigenvalue weighted by Gasteiger charge is -2.07. The first-order valence-electron chi connectivity index (χ1n) is 8.26. The van der Waals surface area contributed by atoms with Gasteiger partial charge in [0, 0.05) is 6.42 Å². The molecule has 8 heteroatoms. The van der Waals surface area contributed by atoms with Crippen molar-refractivity contribution in [2.75, 3.05) is 11.1 Å². The largest absolute Gasteiger partial charge is 0.301 e. The summed E-state index contributed by atoms with van der Waals surface area (Å²) in [4.78, 5) is 11.9. The van der Waals surface area contributed by atoms with E-state index in [2.05, 4.69) is 15.5 Å². The Hall–Kier alpha value is -1.02. The normalized spacial score (nSPS) is 17.3. The van der Waals surface area contributed by atoms with Gasteiger partial charge in [0.1, 0.15) is 0 Å². The van der Waals surface area contributed by atoms with E-state index in [9.17, 15) is 13.2 Å². The summed E-state index contributed by atoms with van der Waals surface area (Å²) in [5.74, 6) is 0.683. The summed E-state index contributed by atoms with van der Waals surface area (Å²) in [7, 11) is -3.42. The SMILES string of the molecule is CCC(C)CS(=O)(=O)c1nnc(NC(=O)CCC2CCCC2)s1. The average molecular weight is 360 g/mol. The number of anilines is 1. The quantitative estimate of drug-likeness (QED) is 0.720. The number of rotatable bonds is 8. The molecule has 1 saturated carbocycles. The van der Waals surface area contributed by atoms with Gasteiger partial charge in [0.15, 0.2) is 0 Å². The van der Waals surface area contributed by atoms with Crippen molar-refractivity contribution < 1.29 is 13.2 Å². The van der Waals surface area contributed by atoms with E-state index in [1.54, 1.807) is 0 Å². The Bertz CT molecular complexity index is 622. The zero-order valence-corrected chi connectivity index (χ0v) is 15.4. The summed E-state index contributed by atoms with van der Waals surface area (Å²) in [6.45, 7) is 3.85. The number of carbonyl (C=O) groups is 1. The lowest BCUT2D eigenvalue weighted by atomic mass is 10.0. The first-order chi connectivity index (χ1) is 10.9. The van der Waals surface area contributed by atoms with Crippen LogP contribution in [0.3, 0.4) is 0 Å². The van der Waals surface area contributed by atoms with E-state index in [1.807, 2.05) is 13.8 Å². The Labute approximate surface area is 142 Å². The first-order valence-corrected chi connectivity index (χ1v) is 10.7. The van der Waals surface area contributed by atoms with Crippen LogP contribution in [0.25, 0.3) is 0 Å². The van der Waals surface area contributed by atoms with Crippen molar-refractivity contribution >= 4 is 32.2 Å². The second-order valence-electron chi connectivity index (χ2n) is 6.41. The lowest BCUT2D eigenvalue weighted by Crippen LogP contribution is -2.13. The van der Waals surface area contributed by atoms with E-state index in [-0.39, 0.29) is 27.0 Å². The van der Waals surface area contributed by atoms with Crippen LogP contribution in [0.4, 0.5) is 5.13 Å². The highest BCUT2D eigenvalue weighted by molar-refractivity contribution is 7.93. The zero-order chi connectivity index (χ0) is 16.9. The highest BCUT2D eigenvalue weighted by atomic mass is 32.2. The van der Waals surface area contributed by atoms with Gasteiger partial charge in [0.05, 0.1) is 5.75 Å². The molecule has 2 rings (SSSR count). The van der Waals surface area contributed by atoms with Crippen molar-refractivity contribution in [2.45, 2.75) is 63.1 Å². The van der Waals surface area contributed by atoms with Crippen LogP contribution in [0.15, 0.2) is 4.34 Å². The van der Waals surface area contributed by atoms with Gasteiger partial charge in [0.25, 0.3) is 0 Å². The molecule has 1 heterocycles. The van der Waals surface area contributed by atoms with Crippen molar-refractivity contribution in [3.63, 3.8) is 0 Å². The number of carbonyl (C=O) groups excluding carboxylic acids is 1. The van der Waals surface area contributed by atoms with Gasteiger partial charge in [-0.2, -0.15) is 0 Å². The van der Waals surface area contributed by atoms with Gasteiger partial charge >= 0.3 is 0 Å². The maximum absolute atomic E-state index is 12.2. The summed E-state index contributed by atoms with van der Waals surface area (Å²) in [5.41, 5.74) is 0. The Morgan fingerprint density at radius 1 is 1.35 bits per heavy atom. The average Bonchev–Trinajstić information content (AvgIpc) is 3.16. The topological polar surface area (TPSA) is 89.0 Å². The van der Waals surface area contributed by atoms with Crippen molar-refractivity contribution in [3.8, 4) is 0 Å². The van der Waals surface area contributed by atoms with Gasteiger partial charge in [0.2, 0.25) is 25.2 Å². The van der Waals surface area contributed by atoms with Crippen LogP contribution in [0.1, 0.15) is 58.8 Å². The summed E-state index contributed by atoms with van der Waals surface area (Å²) >= 11 is 0.937. The monoisotopic (exact) mass is 359 g/mol. The third-order valence-electron chi connectivity index (χ3n) is 4.37. The molecule has 0 saturated heterocycles. The molecule has 1 fully saturated rings. The molecule has 1 amide bonds. The lowest BCUT2D eigenvalue weighted by molar-refractivity contribution is -0.116. The molecule has 1 aromatic rings. The van der Waals surface area contributed by atoms with Gasteiger partial charge in [-0.25, -0.2) is 8.42 Å². The smallest absolute Gasteiger partial charge is 0.234 e. The molecular formula is C15H25N3O3S2. The van der Waals surface area contributed by atoms with Crippen LogP contribution < -0.4 is 5.32 Å². The number of sulfone groups is 1. The number of hydrogen-bond acceptors (Lipinski definition) is 6. The summed E-state index contributed by atoms with van der Waals surface area (Å²) in [6.07, 6.45) is 7.10. The van der Waals surface area contributed by atoms with E-state index >= 15 is 0 Å². The molecule has 1 N–H and O–H groups in total. The minimum Gasteiger partial charge on any atom is -0.301 e. The first kappa shape index (κ1) is 18.3. The molecule has 1 aliphatic carbocycles. The molecule has 0 aliphatic heterocycles. The number of nitrogens with zero attached hydrogens (tertiary/aromatic N) is 2. The summed E-state index contributed by atoms with van der Waals surface area (Å²) in [6, 6.07) is 0. The van der Waals surface area contributed by atoms with Gasteiger partial charge in [-0.3, -0.25) is 4.79 Å². The number of amides is 1. The molecule has 0 radical (unpaired) electrons. The van der Waals surface area contributed by atoms with E-state index in [4.69, 9.17) is 0 Å². The van der Waals surface area contributed by atoms with E-state index in [0.29, 0.717) is 12.3 Å². The van der Waals surface area contributed by atoms with Crippen LogP contribution in [0.5, 0.6) is 0 Å². The molecule has 1 aliphatic rings. The predicted octanol–water partition coefficient (Wildman–Crippen LogP) is 3.27. The fourth-order valence-electron chi connectivity index (χ4n) is 2.77. The predicted molar refractivity (Wildman–Crippen MR) is 91.2 cm³/mol. The minimum absolute atomic E-state index is 0.0103. The molecule has 130 valence electrons. The molecule has 1 aromatic heterocycles. The number of aromatic nitrogens is 2. The molecule has 0 spiro atoms. The van der Waals surface area contributed by atoms with Crippen molar-refractivity contribution in [1.82, 2.24) is 10.2 Å². The second kappa shape index (κ2) is 8.19. The molecular weight excluding hydrogens is 334 g/mol. The molecule has 0 bridgehead atoms. The second-order valence-corrected chi connectivity index (χ2v) is 9.59. The number of nitrogens with one attached hydrogen (secondary N) is 1. The van der Waals surface area contributed by atoms with E-state index in [0.717, 1.165) is 24.2 Å². The Morgan fingerprint density at radius 3 is 2.70 bits per heavy atom. The van der Waals surface area contributed by atoms with Gasteiger partial charge in [-0.1, -0.05) is 57.3 Å². The van der Waals surface area contributed by atoms with Gasteiger partial charge in [-0.15, -0.1) is 10.2 Å². The van der Waals surface area contributed by atoms with E-state index < -0.39 is 9.84 Å². The summed E-state index contributed by atoms with van der Waals surface area (Å²) < 4.78 is 24.4. The Morgan fingerprint density at radius 2 is 2.04 bits per heavy atom. The minimum atomic E-state index is -3.42. The fraction of sp³-hybridized carbons (Fsp3) is 0.800. The highest BCUT2D eigenvalue weighted by Crippen LogP contribution is 2.29. The van der Waals surface area contributed by atoms with Crippen LogP contribution in [-0.2, 0) is 14.6 Å². The number of hydrogen-bond donors (Lipinski definition) is 1. The molecule has 0 aromatic carbocycles. The Balaban J connectivity index is 1.87.